The van der Waals surface area contributed by atoms with E-state index >= 15 is 0 Å². The third-order valence-electron chi connectivity index (χ3n) is 3.80. The lowest BCUT2D eigenvalue weighted by molar-refractivity contribution is 0.509. The molecular weight excluding hydrogens is 366 g/mol. The molecule has 0 spiro atoms. The number of H-pyrrole nitrogens is 1. The molecule has 0 saturated heterocycles. The SMILES string of the molecule is Cc1ccc(-c2nnc(C(C)Sc3n[nH]c(Cc4cccs4)n3)o2)cc1. The van der Waals surface area contributed by atoms with Crippen molar-refractivity contribution in [2.24, 2.45) is 0 Å². The molecule has 4 rings (SSSR count). The second-order valence-corrected chi connectivity index (χ2v) is 8.23. The Morgan fingerprint density at radius 1 is 1.19 bits per heavy atom. The van der Waals surface area contributed by atoms with Gasteiger partial charge in [-0.1, -0.05) is 35.5 Å². The Labute approximate surface area is 159 Å². The molecule has 0 bridgehead atoms. The number of aromatic nitrogens is 5. The normalized spacial score (nSPS) is 12.4. The lowest BCUT2D eigenvalue weighted by Gasteiger charge is -2.02. The van der Waals surface area contributed by atoms with Crippen LogP contribution in [-0.4, -0.2) is 25.4 Å². The van der Waals surface area contributed by atoms with Crippen LogP contribution in [0.2, 0.25) is 0 Å². The van der Waals surface area contributed by atoms with E-state index in [4.69, 9.17) is 4.42 Å². The molecule has 26 heavy (non-hydrogen) atoms. The molecular formula is C18H17N5OS2. The van der Waals surface area contributed by atoms with Crippen LogP contribution in [0.5, 0.6) is 0 Å². The molecule has 0 aliphatic rings. The van der Waals surface area contributed by atoms with Crippen LogP contribution in [0.15, 0.2) is 51.4 Å². The Hall–Kier alpha value is -2.45. The largest absolute Gasteiger partial charge is 0.419 e. The summed E-state index contributed by atoms with van der Waals surface area (Å²) in [5.41, 5.74) is 2.11. The summed E-state index contributed by atoms with van der Waals surface area (Å²) < 4.78 is 5.83. The first-order valence-electron chi connectivity index (χ1n) is 8.18. The highest BCUT2D eigenvalue weighted by Gasteiger charge is 2.18. The summed E-state index contributed by atoms with van der Waals surface area (Å²) >= 11 is 3.21. The van der Waals surface area contributed by atoms with E-state index < -0.39 is 0 Å². The third kappa shape index (κ3) is 3.86. The van der Waals surface area contributed by atoms with Crippen LogP contribution in [0.25, 0.3) is 11.5 Å². The molecule has 1 atom stereocenters. The van der Waals surface area contributed by atoms with Crippen molar-refractivity contribution in [2.75, 3.05) is 0 Å². The molecule has 0 amide bonds. The van der Waals surface area contributed by atoms with Gasteiger partial charge in [-0.3, -0.25) is 5.10 Å². The molecule has 6 nitrogen and oxygen atoms in total. The number of benzene rings is 1. The maximum atomic E-state index is 5.83. The van der Waals surface area contributed by atoms with E-state index in [0.717, 1.165) is 17.8 Å². The standard InChI is InChI=1S/C18H17N5OS2/c1-11-5-7-13(8-6-11)17-22-21-16(24-17)12(2)26-18-19-15(20-23-18)10-14-4-3-9-25-14/h3-9,12H,10H2,1-2H3,(H,19,20,23). The van der Waals surface area contributed by atoms with E-state index in [-0.39, 0.29) is 5.25 Å². The Morgan fingerprint density at radius 3 is 2.81 bits per heavy atom. The minimum Gasteiger partial charge on any atom is -0.419 e. The Morgan fingerprint density at radius 2 is 2.04 bits per heavy atom. The molecule has 3 aromatic heterocycles. The van der Waals surface area contributed by atoms with Gasteiger partial charge >= 0.3 is 0 Å². The molecule has 1 N–H and O–H groups in total. The van der Waals surface area contributed by atoms with Crippen LogP contribution in [0.4, 0.5) is 0 Å². The molecule has 0 fully saturated rings. The molecule has 1 aromatic carbocycles. The molecule has 0 aliphatic carbocycles. The van der Waals surface area contributed by atoms with Crippen LogP contribution in [0.3, 0.4) is 0 Å². The summed E-state index contributed by atoms with van der Waals surface area (Å²) in [7, 11) is 0. The number of hydrogen-bond acceptors (Lipinski definition) is 7. The quantitative estimate of drug-likeness (QED) is 0.487. The second kappa shape index (κ2) is 7.43. The van der Waals surface area contributed by atoms with Gasteiger partial charge in [-0.25, -0.2) is 4.98 Å². The fourth-order valence-electron chi connectivity index (χ4n) is 2.41. The predicted octanol–water partition coefficient (Wildman–Crippen LogP) is 4.67. The van der Waals surface area contributed by atoms with Gasteiger partial charge in [0.15, 0.2) is 0 Å². The Kier molecular flexibility index (Phi) is 4.85. The zero-order valence-corrected chi connectivity index (χ0v) is 16.0. The van der Waals surface area contributed by atoms with Gasteiger partial charge in [-0.15, -0.1) is 26.6 Å². The summed E-state index contributed by atoms with van der Waals surface area (Å²) in [4.78, 5) is 5.79. The highest BCUT2D eigenvalue weighted by Crippen LogP contribution is 2.33. The van der Waals surface area contributed by atoms with Gasteiger partial charge in [0, 0.05) is 16.9 Å². The summed E-state index contributed by atoms with van der Waals surface area (Å²) in [6.07, 6.45) is 0.762. The van der Waals surface area contributed by atoms with Crippen molar-refractivity contribution in [2.45, 2.75) is 30.7 Å². The van der Waals surface area contributed by atoms with Crippen molar-refractivity contribution in [1.82, 2.24) is 25.4 Å². The maximum Gasteiger partial charge on any atom is 0.247 e. The van der Waals surface area contributed by atoms with Crippen LogP contribution in [0, 0.1) is 6.92 Å². The Bertz CT molecular complexity index is 975. The van der Waals surface area contributed by atoms with Crippen LogP contribution in [0.1, 0.15) is 34.3 Å². The van der Waals surface area contributed by atoms with Gasteiger partial charge in [0.05, 0.1) is 5.25 Å². The molecule has 4 aromatic rings. The van der Waals surface area contributed by atoms with E-state index in [1.165, 1.54) is 22.2 Å². The number of aryl methyl sites for hydroxylation is 1. The van der Waals surface area contributed by atoms with E-state index in [0.29, 0.717) is 16.9 Å². The monoisotopic (exact) mass is 383 g/mol. The van der Waals surface area contributed by atoms with Crippen LogP contribution in [-0.2, 0) is 6.42 Å². The molecule has 0 saturated carbocycles. The predicted molar refractivity (Wildman–Crippen MR) is 102 cm³/mol. The fraction of sp³-hybridized carbons (Fsp3) is 0.222. The third-order valence-corrected chi connectivity index (χ3v) is 5.63. The number of nitrogens with zero attached hydrogens (tertiary/aromatic N) is 4. The summed E-state index contributed by atoms with van der Waals surface area (Å²) in [6.45, 7) is 4.05. The van der Waals surface area contributed by atoms with Gasteiger partial charge in [-0.2, -0.15) is 0 Å². The van der Waals surface area contributed by atoms with Crippen molar-refractivity contribution in [3.63, 3.8) is 0 Å². The molecule has 0 radical (unpaired) electrons. The molecule has 1 unspecified atom stereocenters. The van der Waals surface area contributed by atoms with Crippen molar-refractivity contribution >= 4 is 23.1 Å². The first-order chi connectivity index (χ1) is 12.7. The van der Waals surface area contributed by atoms with E-state index in [2.05, 4.69) is 36.8 Å². The number of aromatic amines is 1. The first kappa shape index (κ1) is 17.0. The van der Waals surface area contributed by atoms with Gasteiger partial charge < -0.3 is 4.42 Å². The first-order valence-corrected chi connectivity index (χ1v) is 9.94. The smallest absolute Gasteiger partial charge is 0.247 e. The Balaban J connectivity index is 1.43. The van der Waals surface area contributed by atoms with Gasteiger partial charge in [0.2, 0.25) is 16.9 Å². The topological polar surface area (TPSA) is 80.5 Å². The average molecular weight is 384 g/mol. The van der Waals surface area contributed by atoms with Gasteiger partial charge in [-0.05, 0) is 37.4 Å². The average Bonchev–Trinajstić information content (AvgIpc) is 3.38. The van der Waals surface area contributed by atoms with Gasteiger partial charge in [0.25, 0.3) is 0 Å². The summed E-state index contributed by atoms with van der Waals surface area (Å²) in [5, 5.41) is 18.3. The number of thioether (sulfide) groups is 1. The van der Waals surface area contributed by atoms with Crippen molar-refractivity contribution in [3.05, 3.63) is 63.9 Å². The highest BCUT2D eigenvalue weighted by molar-refractivity contribution is 7.99. The van der Waals surface area contributed by atoms with Crippen molar-refractivity contribution in [1.29, 1.82) is 0 Å². The molecule has 132 valence electrons. The second-order valence-electron chi connectivity index (χ2n) is 5.89. The zero-order chi connectivity index (χ0) is 17.9. The molecule has 0 aliphatic heterocycles. The highest BCUT2D eigenvalue weighted by atomic mass is 32.2. The van der Waals surface area contributed by atoms with Crippen LogP contribution < -0.4 is 0 Å². The van der Waals surface area contributed by atoms with Crippen LogP contribution >= 0.6 is 23.1 Å². The van der Waals surface area contributed by atoms with E-state index in [9.17, 15) is 0 Å². The number of nitrogens with one attached hydrogen (secondary N) is 1. The maximum absolute atomic E-state index is 5.83. The number of hydrogen-bond donors (Lipinski definition) is 1. The van der Waals surface area contributed by atoms with Gasteiger partial charge in [0.1, 0.15) is 5.82 Å². The minimum absolute atomic E-state index is 0.0351. The lowest BCUT2D eigenvalue weighted by Crippen LogP contribution is -1.90. The lowest BCUT2D eigenvalue weighted by atomic mass is 10.1. The number of thiophene rings is 1. The minimum atomic E-state index is -0.0351. The summed E-state index contributed by atoms with van der Waals surface area (Å²) in [6, 6.07) is 12.1. The molecule has 3 heterocycles. The number of rotatable bonds is 6. The molecule has 8 heteroatoms. The van der Waals surface area contributed by atoms with Crippen molar-refractivity contribution in [3.8, 4) is 11.5 Å². The van der Waals surface area contributed by atoms with E-state index in [1.54, 1.807) is 11.3 Å². The zero-order valence-electron chi connectivity index (χ0n) is 14.3. The fourth-order valence-corrected chi connectivity index (χ4v) is 3.89. The van der Waals surface area contributed by atoms with E-state index in [1.807, 2.05) is 44.2 Å². The summed E-state index contributed by atoms with van der Waals surface area (Å²) in [5.74, 6) is 1.95. The van der Waals surface area contributed by atoms with Crippen molar-refractivity contribution < 1.29 is 4.42 Å².